The van der Waals surface area contributed by atoms with Crippen molar-refractivity contribution in [3.05, 3.63) is 77.0 Å². The van der Waals surface area contributed by atoms with Gasteiger partial charge in [0.25, 0.3) is 0 Å². The summed E-state index contributed by atoms with van der Waals surface area (Å²) >= 11 is 0. The Hall–Kier alpha value is -4.95. The van der Waals surface area contributed by atoms with Gasteiger partial charge in [-0.1, -0.05) is 70.9 Å². The van der Waals surface area contributed by atoms with Crippen molar-refractivity contribution in [2.75, 3.05) is 6.54 Å². The van der Waals surface area contributed by atoms with Gasteiger partial charge in [-0.2, -0.15) is 13.2 Å². The van der Waals surface area contributed by atoms with Crippen molar-refractivity contribution in [2.45, 2.75) is 104 Å². The standard InChI is InChI=1S/C40H49F4N7O4/c1-5-24(3)29(20-27(52)19-26-11-7-8-14-33(26)41)38(55)48-39(16-15-34-31(22-39)28-12-9-13-32(36(28)47-34)40(42,43)44)35(53)21-30(25(4)6-2)37(54)45-17-10-18-51-23-46-49-50-51/h7-9,11-14,23-25,29-30,47H,5-6,10,15-22H2,1-4H3,(H,45,54)(H,48,55)/t24?,25?,29-,30-,39+/m0/s1. The van der Waals surface area contributed by atoms with Crippen LogP contribution >= 0.6 is 0 Å². The minimum absolute atomic E-state index is 0.0654. The lowest BCUT2D eigenvalue weighted by atomic mass is 9.72. The number of carbonyl (C=O) groups is 4. The number of halogens is 4. The molecule has 0 fully saturated rings. The first-order valence-electron chi connectivity index (χ1n) is 19.0. The number of hydrogen-bond donors (Lipinski definition) is 3. The highest BCUT2D eigenvalue weighted by atomic mass is 19.4. The Balaban J connectivity index is 1.45. The van der Waals surface area contributed by atoms with Crippen molar-refractivity contribution in [1.82, 2.24) is 35.8 Å². The number of nitrogens with one attached hydrogen (secondary N) is 3. The fourth-order valence-corrected chi connectivity index (χ4v) is 7.56. The van der Waals surface area contributed by atoms with Crippen LogP contribution in [-0.4, -0.2) is 60.7 Å². The molecule has 2 unspecified atom stereocenters. The Bertz CT molecular complexity index is 1980. The average molecular weight is 768 g/mol. The molecule has 3 N–H and O–H groups in total. The Morgan fingerprint density at radius 3 is 2.33 bits per heavy atom. The van der Waals surface area contributed by atoms with Crippen molar-refractivity contribution >= 4 is 34.3 Å². The normalized spacial score (nSPS) is 17.9. The summed E-state index contributed by atoms with van der Waals surface area (Å²) in [5.74, 6) is -4.30. The van der Waals surface area contributed by atoms with Gasteiger partial charge in [0.05, 0.1) is 11.1 Å². The highest BCUT2D eigenvalue weighted by Gasteiger charge is 2.47. The number of amides is 2. The van der Waals surface area contributed by atoms with Gasteiger partial charge in [-0.25, -0.2) is 9.07 Å². The van der Waals surface area contributed by atoms with E-state index in [0.29, 0.717) is 49.0 Å². The lowest BCUT2D eigenvalue weighted by Gasteiger charge is -2.39. The van der Waals surface area contributed by atoms with Crippen LogP contribution in [0, 0.1) is 29.5 Å². The van der Waals surface area contributed by atoms with Gasteiger partial charge in [0.1, 0.15) is 23.5 Å². The van der Waals surface area contributed by atoms with E-state index in [0.717, 1.165) is 6.07 Å². The van der Waals surface area contributed by atoms with E-state index in [9.17, 15) is 36.7 Å². The molecule has 0 radical (unpaired) electrons. The Labute approximate surface area is 317 Å². The lowest BCUT2D eigenvalue weighted by Crippen LogP contribution is -2.60. The van der Waals surface area contributed by atoms with Crippen molar-refractivity contribution in [2.24, 2.45) is 23.7 Å². The number of fused-ring (bicyclic) bond motifs is 3. The van der Waals surface area contributed by atoms with E-state index in [1.54, 1.807) is 12.1 Å². The summed E-state index contributed by atoms with van der Waals surface area (Å²) in [7, 11) is 0. The van der Waals surface area contributed by atoms with Gasteiger partial charge in [-0.05, 0) is 64.8 Å². The molecule has 4 aromatic rings. The zero-order valence-electron chi connectivity index (χ0n) is 31.6. The fourth-order valence-electron chi connectivity index (χ4n) is 7.56. The second kappa shape index (κ2) is 17.7. The summed E-state index contributed by atoms with van der Waals surface area (Å²) in [5, 5.41) is 17.3. The van der Waals surface area contributed by atoms with Crippen molar-refractivity contribution in [3.8, 4) is 0 Å². The summed E-state index contributed by atoms with van der Waals surface area (Å²) in [4.78, 5) is 59.2. The molecule has 0 saturated heterocycles. The SMILES string of the molecule is CCC(C)[C@H](CC(=O)[C@@]1(NC(=O)[C@@H](CC(=O)Cc2ccccc2F)C(C)CC)CCc2[nH]c3c(C(F)(F)F)cccc3c2C1)C(=O)NCCCn1cnnn1. The summed E-state index contributed by atoms with van der Waals surface area (Å²) < 4.78 is 58.2. The van der Waals surface area contributed by atoms with Crippen LogP contribution in [0.1, 0.15) is 88.6 Å². The third kappa shape index (κ3) is 9.65. The highest BCUT2D eigenvalue weighted by Crippen LogP contribution is 2.41. The summed E-state index contributed by atoms with van der Waals surface area (Å²) in [6, 6.07) is 9.81. The molecule has 2 heterocycles. The molecule has 2 amide bonds. The number of carbonyl (C=O) groups excluding carboxylic acids is 4. The first kappa shape index (κ1) is 41.2. The smallest absolute Gasteiger partial charge is 0.358 e. The van der Waals surface area contributed by atoms with Gasteiger partial charge >= 0.3 is 6.18 Å². The molecule has 296 valence electrons. The molecule has 15 heteroatoms. The lowest BCUT2D eigenvalue weighted by molar-refractivity contribution is -0.139. The molecular weight excluding hydrogens is 718 g/mol. The monoisotopic (exact) mass is 767 g/mol. The van der Waals surface area contributed by atoms with Crippen molar-refractivity contribution in [3.63, 3.8) is 0 Å². The number of ketones is 2. The number of alkyl halides is 3. The number of Topliss-reactive ketones (excluding diaryl/α,β-unsaturated/α-hetero) is 2. The van der Waals surface area contributed by atoms with Crippen LogP contribution in [0.4, 0.5) is 17.6 Å². The number of hydrogen-bond acceptors (Lipinski definition) is 7. The van der Waals surface area contributed by atoms with Crippen LogP contribution in [0.2, 0.25) is 0 Å². The second-order valence-electron chi connectivity index (χ2n) is 14.9. The minimum Gasteiger partial charge on any atom is -0.358 e. The van der Waals surface area contributed by atoms with Crippen LogP contribution in [0.25, 0.3) is 10.9 Å². The number of benzene rings is 2. The van der Waals surface area contributed by atoms with E-state index in [2.05, 4.69) is 31.1 Å². The minimum atomic E-state index is -4.63. The molecule has 2 aromatic carbocycles. The van der Waals surface area contributed by atoms with E-state index in [4.69, 9.17) is 0 Å². The van der Waals surface area contributed by atoms with Gasteiger partial charge in [0, 0.05) is 61.7 Å². The third-order valence-corrected chi connectivity index (χ3v) is 11.3. The van der Waals surface area contributed by atoms with E-state index in [1.165, 1.54) is 35.3 Å². The maximum Gasteiger partial charge on any atom is 0.418 e. The highest BCUT2D eigenvalue weighted by molar-refractivity contribution is 5.99. The number of tetrazole rings is 1. The topological polar surface area (TPSA) is 152 Å². The largest absolute Gasteiger partial charge is 0.418 e. The zero-order valence-corrected chi connectivity index (χ0v) is 31.6. The van der Waals surface area contributed by atoms with Crippen LogP contribution in [0.15, 0.2) is 48.8 Å². The zero-order chi connectivity index (χ0) is 39.9. The Kier molecular flexibility index (Phi) is 13.2. The van der Waals surface area contributed by atoms with Crippen molar-refractivity contribution < 1.29 is 36.7 Å². The van der Waals surface area contributed by atoms with Crippen LogP contribution in [-0.2, 0) is 51.2 Å². The van der Waals surface area contributed by atoms with Gasteiger partial charge < -0.3 is 15.6 Å². The molecule has 0 aliphatic heterocycles. The van der Waals surface area contributed by atoms with Gasteiger partial charge in [-0.3, -0.25) is 19.2 Å². The molecule has 5 atom stereocenters. The number of H-pyrrole nitrogens is 1. The maximum absolute atomic E-state index is 14.8. The Morgan fingerprint density at radius 1 is 0.964 bits per heavy atom. The van der Waals surface area contributed by atoms with Crippen molar-refractivity contribution in [1.29, 1.82) is 0 Å². The molecule has 0 saturated carbocycles. The molecule has 5 rings (SSSR count). The summed E-state index contributed by atoms with van der Waals surface area (Å²) in [6.45, 7) is 8.27. The maximum atomic E-state index is 14.8. The molecule has 0 spiro atoms. The molecular formula is C40H49F4N7O4. The number of nitrogens with zero attached hydrogens (tertiary/aromatic N) is 4. The summed E-state index contributed by atoms with van der Waals surface area (Å²) in [6.07, 6.45) is -2.03. The number of aromatic nitrogens is 5. The average Bonchev–Trinajstić information content (AvgIpc) is 3.82. The Morgan fingerprint density at radius 2 is 1.67 bits per heavy atom. The molecule has 0 bridgehead atoms. The van der Waals surface area contributed by atoms with E-state index in [1.807, 2.05) is 27.7 Å². The molecule has 1 aliphatic carbocycles. The van der Waals surface area contributed by atoms with E-state index >= 15 is 0 Å². The number of aryl methyl sites for hydroxylation is 2. The number of aromatic amines is 1. The van der Waals surface area contributed by atoms with E-state index in [-0.39, 0.29) is 73.1 Å². The fraction of sp³-hybridized carbons (Fsp3) is 0.525. The molecule has 1 aliphatic rings. The van der Waals surface area contributed by atoms with Crippen LogP contribution < -0.4 is 10.6 Å². The predicted molar refractivity (Wildman–Crippen MR) is 197 cm³/mol. The number of rotatable bonds is 18. The summed E-state index contributed by atoms with van der Waals surface area (Å²) in [5.41, 5.74) is -1.27. The molecule has 11 nitrogen and oxygen atoms in total. The molecule has 2 aromatic heterocycles. The van der Waals surface area contributed by atoms with E-state index < -0.39 is 46.6 Å². The first-order valence-corrected chi connectivity index (χ1v) is 19.0. The van der Waals surface area contributed by atoms with Gasteiger partial charge in [0.2, 0.25) is 11.8 Å². The van der Waals surface area contributed by atoms with Crippen LogP contribution in [0.3, 0.4) is 0 Å². The third-order valence-electron chi connectivity index (χ3n) is 11.3. The number of para-hydroxylation sites is 1. The van der Waals surface area contributed by atoms with Crippen LogP contribution in [0.5, 0.6) is 0 Å². The molecule has 55 heavy (non-hydrogen) atoms. The first-order chi connectivity index (χ1) is 26.2. The predicted octanol–water partition coefficient (Wildman–Crippen LogP) is 6.35. The second-order valence-corrected chi connectivity index (χ2v) is 14.9. The quantitative estimate of drug-likeness (QED) is 0.0789. The van der Waals surface area contributed by atoms with Gasteiger partial charge in [-0.15, -0.1) is 5.10 Å². The van der Waals surface area contributed by atoms with Gasteiger partial charge in [0.15, 0.2) is 5.78 Å².